The number of hydrogen-bond donors (Lipinski definition) is 1. The fourth-order valence-electron chi connectivity index (χ4n) is 5.03. The highest BCUT2D eigenvalue weighted by Crippen LogP contribution is 2.32. The number of hydrogen-bond acceptors (Lipinski definition) is 3. The molecule has 0 spiro atoms. The molecule has 0 bridgehead atoms. The fraction of sp³-hybridized carbons (Fsp3) is 0.536. The minimum Gasteiger partial charge on any atom is -0.493 e. The van der Waals surface area contributed by atoms with E-state index < -0.39 is 0 Å². The van der Waals surface area contributed by atoms with Crippen molar-refractivity contribution in [1.29, 1.82) is 0 Å². The molecule has 1 saturated heterocycles. The first-order chi connectivity index (χ1) is 15.2. The Labute approximate surface area is 193 Å². The average molecular weight is 434 g/mol. The summed E-state index contributed by atoms with van der Waals surface area (Å²) >= 11 is 0. The first-order valence-electron chi connectivity index (χ1n) is 12.1. The molecule has 0 atom stereocenters. The molecular weight excluding hydrogens is 394 g/mol. The number of H-pyrrole nitrogens is 1. The molecule has 0 saturated carbocycles. The second kappa shape index (κ2) is 9.27. The SMILES string of the molecule is Cc1cc(-c2nc3c(C)c(C(C)(C)C)ccc3[nH]2)ccc1OCCCC1CCN(C)CC1. The van der Waals surface area contributed by atoms with Gasteiger partial charge in [0.2, 0.25) is 0 Å². The first-order valence-corrected chi connectivity index (χ1v) is 12.1. The number of rotatable bonds is 6. The summed E-state index contributed by atoms with van der Waals surface area (Å²) in [6, 6.07) is 10.8. The van der Waals surface area contributed by atoms with E-state index in [1.54, 1.807) is 0 Å². The number of aromatic amines is 1. The van der Waals surface area contributed by atoms with Crippen molar-refractivity contribution >= 4 is 11.0 Å². The van der Waals surface area contributed by atoms with Crippen molar-refractivity contribution in [3.8, 4) is 17.1 Å². The van der Waals surface area contributed by atoms with E-state index in [2.05, 4.69) is 81.9 Å². The van der Waals surface area contributed by atoms with Crippen LogP contribution in [0.4, 0.5) is 0 Å². The summed E-state index contributed by atoms with van der Waals surface area (Å²) < 4.78 is 6.13. The van der Waals surface area contributed by atoms with Gasteiger partial charge in [-0.3, -0.25) is 0 Å². The second-order valence-corrected chi connectivity index (χ2v) is 10.7. The molecule has 4 rings (SSSR count). The van der Waals surface area contributed by atoms with Crippen LogP contribution in [0, 0.1) is 19.8 Å². The summed E-state index contributed by atoms with van der Waals surface area (Å²) in [6.45, 7) is 14.4. The summed E-state index contributed by atoms with van der Waals surface area (Å²) in [7, 11) is 2.22. The van der Waals surface area contributed by atoms with Gasteiger partial charge in [0.05, 0.1) is 17.6 Å². The maximum Gasteiger partial charge on any atom is 0.138 e. The molecule has 2 aromatic carbocycles. The fourth-order valence-corrected chi connectivity index (χ4v) is 5.03. The lowest BCUT2D eigenvalue weighted by Gasteiger charge is -2.28. The molecule has 0 radical (unpaired) electrons. The zero-order valence-electron chi connectivity index (χ0n) is 20.7. The predicted molar refractivity (Wildman–Crippen MR) is 135 cm³/mol. The van der Waals surface area contributed by atoms with Crippen molar-refractivity contribution in [3.05, 3.63) is 47.0 Å². The van der Waals surface area contributed by atoms with Crippen LogP contribution in [0.3, 0.4) is 0 Å². The average Bonchev–Trinajstić information content (AvgIpc) is 3.18. The number of nitrogens with zero attached hydrogens (tertiary/aromatic N) is 2. The van der Waals surface area contributed by atoms with Crippen LogP contribution in [0.1, 0.15) is 63.1 Å². The van der Waals surface area contributed by atoms with E-state index in [0.29, 0.717) is 0 Å². The molecule has 1 aromatic heterocycles. The highest BCUT2D eigenvalue weighted by Gasteiger charge is 2.20. The van der Waals surface area contributed by atoms with Crippen molar-refractivity contribution in [2.45, 2.75) is 65.7 Å². The van der Waals surface area contributed by atoms with Gasteiger partial charge in [0.25, 0.3) is 0 Å². The van der Waals surface area contributed by atoms with Crippen LogP contribution in [-0.2, 0) is 5.41 Å². The Morgan fingerprint density at radius 1 is 1.09 bits per heavy atom. The number of aryl methyl sites for hydroxylation is 2. The van der Waals surface area contributed by atoms with Gasteiger partial charge in [-0.15, -0.1) is 0 Å². The minimum absolute atomic E-state index is 0.111. The Bertz CT molecular complexity index is 1070. The van der Waals surface area contributed by atoms with Gasteiger partial charge in [-0.05, 0) is 112 Å². The zero-order valence-corrected chi connectivity index (χ0v) is 20.7. The van der Waals surface area contributed by atoms with E-state index in [0.717, 1.165) is 52.7 Å². The van der Waals surface area contributed by atoms with Crippen molar-refractivity contribution in [2.24, 2.45) is 5.92 Å². The van der Waals surface area contributed by atoms with Crippen LogP contribution in [0.15, 0.2) is 30.3 Å². The monoisotopic (exact) mass is 433 g/mol. The molecule has 4 heteroatoms. The van der Waals surface area contributed by atoms with Gasteiger partial charge in [0.15, 0.2) is 0 Å². The Morgan fingerprint density at radius 3 is 2.53 bits per heavy atom. The van der Waals surface area contributed by atoms with Gasteiger partial charge in [-0.25, -0.2) is 4.98 Å². The molecule has 0 unspecified atom stereocenters. The standard InChI is InChI=1S/C28H39N3O/c1-19-18-22(9-12-25(19)32-17-7-8-21-13-15-31(6)16-14-21)27-29-24-11-10-23(28(3,4)5)20(2)26(24)30-27/h9-12,18,21H,7-8,13-17H2,1-6H3,(H,29,30). The van der Waals surface area contributed by atoms with Gasteiger partial charge in [-0.1, -0.05) is 26.8 Å². The first kappa shape index (κ1) is 22.8. The third-order valence-electron chi connectivity index (χ3n) is 7.02. The third kappa shape index (κ3) is 5.01. The lowest BCUT2D eigenvalue weighted by atomic mass is 9.84. The second-order valence-electron chi connectivity index (χ2n) is 10.7. The lowest BCUT2D eigenvalue weighted by Crippen LogP contribution is -2.30. The van der Waals surface area contributed by atoms with Crippen molar-refractivity contribution in [3.63, 3.8) is 0 Å². The number of benzene rings is 2. The molecule has 172 valence electrons. The van der Waals surface area contributed by atoms with Crippen LogP contribution >= 0.6 is 0 Å². The number of nitrogens with one attached hydrogen (secondary N) is 1. The van der Waals surface area contributed by atoms with Crippen LogP contribution in [0.25, 0.3) is 22.4 Å². The quantitative estimate of drug-likeness (QED) is 0.443. The molecule has 3 aromatic rings. The van der Waals surface area contributed by atoms with Crippen LogP contribution in [0.2, 0.25) is 0 Å². The molecule has 2 heterocycles. The highest BCUT2D eigenvalue weighted by molar-refractivity contribution is 5.83. The molecule has 4 nitrogen and oxygen atoms in total. The molecule has 32 heavy (non-hydrogen) atoms. The normalized spacial score (nSPS) is 16.1. The largest absolute Gasteiger partial charge is 0.493 e. The Hall–Kier alpha value is -2.33. The van der Waals surface area contributed by atoms with Gasteiger partial charge in [-0.2, -0.15) is 0 Å². The summed E-state index contributed by atoms with van der Waals surface area (Å²) in [5.74, 6) is 2.78. The summed E-state index contributed by atoms with van der Waals surface area (Å²) in [5.41, 5.74) is 7.16. The van der Waals surface area contributed by atoms with Crippen LogP contribution in [0.5, 0.6) is 5.75 Å². The number of ether oxygens (including phenoxy) is 1. The Morgan fingerprint density at radius 2 is 1.84 bits per heavy atom. The van der Waals surface area contributed by atoms with Crippen molar-refractivity contribution < 1.29 is 4.74 Å². The molecule has 0 amide bonds. The Balaban J connectivity index is 1.41. The number of fused-ring (bicyclic) bond motifs is 1. The van der Waals surface area contributed by atoms with Gasteiger partial charge < -0.3 is 14.6 Å². The number of aromatic nitrogens is 2. The van der Waals surface area contributed by atoms with Gasteiger partial charge in [0, 0.05) is 5.56 Å². The zero-order chi connectivity index (χ0) is 22.9. The smallest absolute Gasteiger partial charge is 0.138 e. The predicted octanol–water partition coefficient (Wildman–Crippen LogP) is 6.65. The molecular formula is C28H39N3O. The Kier molecular flexibility index (Phi) is 6.62. The molecule has 1 aliphatic rings. The maximum atomic E-state index is 6.13. The van der Waals surface area contributed by atoms with E-state index >= 15 is 0 Å². The molecule has 1 N–H and O–H groups in total. The van der Waals surface area contributed by atoms with Gasteiger partial charge >= 0.3 is 0 Å². The van der Waals surface area contributed by atoms with E-state index in [-0.39, 0.29) is 5.41 Å². The van der Waals surface area contributed by atoms with Crippen molar-refractivity contribution in [2.75, 3.05) is 26.7 Å². The maximum absolute atomic E-state index is 6.13. The van der Waals surface area contributed by atoms with Crippen LogP contribution in [-0.4, -0.2) is 41.6 Å². The molecule has 1 aliphatic heterocycles. The highest BCUT2D eigenvalue weighted by atomic mass is 16.5. The topological polar surface area (TPSA) is 41.1 Å². The third-order valence-corrected chi connectivity index (χ3v) is 7.02. The van der Waals surface area contributed by atoms with E-state index in [4.69, 9.17) is 9.72 Å². The number of imidazole rings is 1. The molecule has 0 aliphatic carbocycles. The van der Waals surface area contributed by atoms with E-state index in [1.807, 2.05) is 0 Å². The summed E-state index contributed by atoms with van der Waals surface area (Å²) in [6.07, 6.45) is 5.07. The lowest BCUT2D eigenvalue weighted by molar-refractivity contribution is 0.200. The van der Waals surface area contributed by atoms with Gasteiger partial charge in [0.1, 0.15) is 11.6 Å². The number of likely N-dealkylation sites (tertiary alicyclic amines) is 1. The van der Waals surface area contributed by atoms with E-state index in [9.17, 15) is 0 Å². The van der Waals surface area contributed by atoms with E-state index in [1.165, 1.54) is 43.5 Å². The minimum atomic E-state index is 0.111. The molecule has 1 fully saturated rings. The van der Waals surface area contributed by atoms with Crippen molar-refractivity contribution in [1.82, 2.24) is 14.9 Å². The number of piperidine rings is 1. The van der Waals surface area contributed by atoms with Crippen LogP contribution < -0.4 is 4.74 Å². The summed E-state index contributed by atoms with van der Waals surface area (Å²) in [5, 5.41) is 0. The summed E-state index contributed by atoms with van der Waals surface area (Å²) in [4.78, 5) is 10.9.